The Morgan fingerprint density at radius 1 is 1.12 bits per heavy atom. The van der Waals surface area contributed by atoms with Crippen molar-refractivity contribution < 1.29 is 4.65 Å². The van der Waals surface area contributed by atoms with Gasteiger partial charge in [0.15, 0.2) is 0 Å². The summed E-state index contributed by atoms with van der Waals surface area (Å²) in [6.45, 7) is 0.896. The van der Waals surface area contributed by atoms with Gasteiger partial charge in [-0.2, -0.15) is 0 Å². The molecule has 3 rings (SSSR count). The second kappa shape index (κ2) is 4.28. The van der Waals surface area contributed by atoms with Crippen LogP contribution in [0.5, 0.6) is 0 Å². The lowest BCUT2D eigenvalue weighted by Gasteiger charge is -2.13. The summed E-state index contributed by atoms with van der Waals surface area (Å²) in [6, 6.07) is 10.4. The molecule has 0 amide bonds. The van der Waals surface area contributed by atoms with Crippen LogP contribution in [0.4, 0.5) is 0 Å². The van der Waals surface area contributed by atoms with E-state index in [4.69, 9.17) is 4.65 Å². The van der Waals surface area contributed by atoms with Crippen LogP contribution < -0.4 is 5.23 Å². The zero-order valence-corrected chi connectivity index (χ0v) is 9.04. The molecule has 16 heavy (non-hydrogen) atoms. The van der Waals surface area contributed by atoms with E-state index in [-0.39, 0.29) is 13.2 Å². The van der Waals surface area contributed by atoms with Crippen molar-refractivity contribution in [2.45, 2.75) is 11.9 Å². The predicted octanol–water partition coefficient (Wildman–Crippen LogP) is 2.33. The number of hydrogen-bond donors (Lipinski definition) is 1. The second-order valence-electron chi connectivity index (χ2n) is 4.21. The SMILES string of the molecule is C1=CC(B2NCC(c3ccccc3)O2)C=C1. The lowest BCUT2D eigenvalue weighted by Crippen LogP contribution is -2.31. The van der Waals surface area contributed by atoms with Crippen LogP contribution in [0.3, 0.4) is 0 Å². The molecule has 3 heteroatoms. The first-order chi connectivity index (χ1) is 7.93. The monoisotopic (exact) mass is 211 g/mol. The normalized spacial score (nSPS) is 24.5. The van der Waals surface area contributed by atoms with Gasteiger partial charge in [-0.25, -0.2) is 0 Å². The van der Waals surface area contributed by atoms with Crippen LogP contribution in [0.2, 0.25) is 5.82 Å². The Morgan fingerprint density at radius 3 is 2.62 bits per heavy atom. The third-order valence-corrected chi connectivity index (χ3v) is 3.11. The highest BCUT2D eigenvalue weighted by molar-refractivity contribution is 6.53. The molecule has 0 saturated carbocycles. The van der Waals surface area contributed by atoms with Crippen molar-refractivity contribution in [1.29, 1.82) is 0 Å². The topological polar surface area (TPSA) is 21.3 Å². The highest BCUT2D eigenvalue weighted by Crippen LogP contribution is 2.28. The van der Waals surface area contributed by atoms with Crippen LogP contribution in [0.15, 0.2) is 54.6 Å². The average Bonchev–Trinajstić information content (AvgIpc) is 3.01. The number of nitrogens with one attached hydrogen (secondary N) is 1. The molecular formula is C13H14BNO. The van der Waals surface area contributed by atoms with Gasteiger partial charge in [-0.1, -0.05) is 54.6 Å². The van der Waals surface area contributed by atoms with E-state index in [0.29, 0.717) is 5.82 Å². The first-order valence-corrected chi connectivity index (χ1v) is 5.72. The van der Waals surface area contributed by atoms with Gasteiger partial charge in [0, 0.05) is 12.4 Å². The van der Waals surface area contributed by atoms with Crippen LogP contribution in [-0.4, -0.2) is 13.6 Å². The molecule has 0 aromatic heterocycles. The Morgan fingerprint density at radius 2 is 1.88 bits per heavy atom. The molecule has 1 aromatic carbocycles. The van der Waals surface area contributed by atoms with Gasteiger partial charge in [-0.15, -0.1) is 0 Å². The third-order valence-electron chi connectivity index (χ3n) is 3.11. The quantitative estimate of drug-likeness (QED) is 0.758. The van der Waals surface area contributed by atoms with E-state index in [2.05, 4.69) is 53.8 Å². The minimum Gasteiger partial charge on any atom is -0.413 e. The van der Waals surface area contributed by atoms with Crippen molar-refractivity contribution >= 4 is 7.05 Å². The minimum absolute atomic E-state index is 0.125. The van der Waals surface area contributed by atoms with Crippen molar-refractivity contribution in [1.82, 2.24) is 5.23 Å². The lowest BCUT2D eigenvalue weighted by atomic mass is 9.69. The van der Waals surface area contributed by atoms with E-state index < -0.39 is 0 Å². The van der Waals surface area contributed by atoms with Gasteiger partial charge >= 0.3 is 7.05 Å². The van der Waals surface area contributed by atoms with Crippen molar-refractivity contribution in [2.24, 2.45) is 0 Å². The molecular weight excluding hydrogens is 197 g/mol. The fourth-order valence-electron chi connectivity index (χ4n) is 2.24. The molecule has 2 aliphatic rings. The first-order valence-electron chi connectivity index (χ1n) is 5.72. The Hall–Kier alpha value is -1.32. The molecule has 1 fully saturated rings. The van der Waals surface area contributed by atoms with Crippen LogP contribution in [-0.2, 0) is 4.65 Å². The Kier molecular flexibility index (Phi) is 2.64. The standard InChI is InChI=1S/C13H14BNO/c1-2-6-11(7-3-1)13-10-15-14(16-13)12-8-4-5-9-12/h1-9,12-13,15H,10H2. The van der Waals surface area contributed by atoms with Gasteiger partial charge < -0.3 is 9.88 Å². The van der Waals surface area contributed by atoms with Gasteiger partial charge in [-0.3, -0.25) is 0 Å². The van der Waals surface area contributed by atoms with E-state index in [1.165, 1.54) is 5.56 Å². The molecule has 1 aliphatic carbocycles. The molecule has 1 unspecified atom stereocenters. The average molecular weight is 211 g/mol. The first kappa shape index (κ1) is 9.88. The second-order valence-corrected chi connectivity index (χ2v) is 4.21. The summed E-state index contributed by atoms with van der Waals surface area (Å²) in [5.74, 6) is 0.383. The minimum atomic E-state index is 0.125. The third kappa shape index (κ3) is 1.84. The molecule has 2 nitrogen and oxygen atoms in total. The van der Waals surface area contributed by atoms with Gasteiger partial charge in [0.25, 0.3) is 0 Å². The van der Waals surface area contributed by atoms with E-state index >= 15 is 0 Å². The van der Waals surface area contributed by atoms with Crippen LogP contribution in [0.25, 0.3) is 0 Å². The summed E-state index contributed by atoms with van der Waals surface area (Å²) in [4.78, 5) is 0. The van der Waals surface area contributed by atoms with E-state index in [1.54, 1.807) is 0 Å². The van der Waals surface area contributed by atoms with Gasteiger partial charge in [0.05, 0.1) is 6.10 Å². The van der Waals surface area contributed by atoms with Crippen LogP contribution >= 0.6 is 0 Å². The Balaban J connectivity index is 1.69. The van der Waals surface area contributed by atoms with Crippen molar-refractivity contribution in [3.05, 3.63) is 60.2 Å². The van der Waals surface area contributed by atoms with Crippen molar-refractivity contribution in [3.8, 4) is 0 Å². The van der Waals surface area contributed by atoms with E-state index in [1.807, 2.05) is 6.07 Å². The molecule has 1 saturated heterocycles. The summed E-state index contributed by atoms with van der Waals surface area (Å²) >= 11 is 0. The fraction of sp³-hybridized carbons (Fsp3) is 0.231. The Bertz CT molecular complexity index is 403. The molecule has 1 N–H and O–H groups in total. The summed E-state index contributed by atoms with van der Waals surface area (Å²) in [5.41, 5.74) is 1.25. The number of allylic oxidation sites excluding steroid dienone is 4. The van der Waals surface area contributed by atoms with E-state index in [0.717, 1.165) is 6.54 Å². The van der Waals surface area contributed by atoms with Gasteiger partial charge in [0.1, 0.15) is 0 Å². The summed E-state index contributed by atoms with van der Waals surface area (Å²) in [7, 11) is 0.125. The highest BCUT2D eigenvalue weighted by atomic mass is 16.5. The number of rotatable bonds is 2. The molecule has 1 heterocycles. The summed E-state index contributed by atoms with van der Waals surface area (Å²) in [6.07, 6.45) is 8.68. The summed E-state index contributed by atoms with van der Waals surface area (Å²) < 4.78 is 6.02. The number of hydrogen-bond acceptors (Lipinski definition) is 2. The zero-order chi connectivity index (χ0) is 10.8. The Labute approximate surface area is 96.1 Å². The smallest absolute Gasteiger partial charge is 0.391 e. The largest absolute Gasteiger partial charge is 0.413 e. The number of benzene rings is 1. The maximum atomic E-state index is 6.02. The molecule has 0 bridgehead atoms. The molecule has 1 aromatic rings. The molecule has 0 radical (unpaired) electrons. The summed E-state index contributed by atoms with van der Waals surface area (Å²) in [5, 5.41) is 3.42. The van der Waals surface area contributed by atoms with Crippen molar-refractivity contribution in [2.75, 3.05) is 6.54 Å². The zero-order valence-electron chi connectivity index (χ0n) is 9.04. The maximum absolute atomic E-state index is 6.02. The van der Waals surface area contributed by atoms with Crippen LogP contribution in [0.1, 0.15) is 11.7 Å². The highest BCUT2D eigenvalue weighted by Gasteiger charge is 2.34. The molecule has 0 spiro atoms. The maximum Gasteiger partial charge on any atom is 0.391 e. The van der Waals surface area contributed by atoms with E-state index in [9.17, 15) is 0 Å². The molecule has 1 atom stereocenters. The lowest BCUT2D eigenvalue weighted by molar-refractivity contribution is 0.248. The predicted molar refractivity (Wildman–Crippen MR) is 66.1 cm³/mol. The van der Waals surface area contributed by atoms with Crippen LogP contribution in [0, 0.1) is 0 Å². The molecule has 1 aliphatic heterocycles. The van der Waals surface area contributed by atoms with Gasteiger partial charge in [0.2, 0.25) is 0 Å². The van der Waals surface area contributed by atoms with Crippen molar-refractivity contribution in [3.63, 3.8) is 0 Å². The molecule has 80 valence electrons. The fourth-order valence-corrected chi connectivity index (χ4v) is 2.24. The van der Waals surface area contributed by atoms with Gasteiger partial charge in [-0.05, 0) is 5.56 Å².